The van der Waals surface area contributed by atoms with E-state index in [1.54, 1.807) is 11.8 Å². The molecule has 0 aliphatic heterocycles. The van der Waals surface area contributed by atoms with Crippen molar-refractivity contribution < 1.29 is 13.2 Å². The second-order valence-electron chi connectivity index (χ2n) is 3.82. The summed E-state index contributed by atoms with van der Waals surface area (Å²) in [5, 5.41) is 3.14. The first kappa shape index (κ1) is 15.4. The van der Waals surface area contributed by atoms with Gasteiger partial charge in [-0.3, -0.25) is 0 Å². The molecule has 0 aliphatic rings. The number of aromatic nitrogens is 1. The molecule has 0 radical (unpaired) electrons. The van der Waals surface area contributed by atoms with Crippen LogP contribution in [0.3, 0.4) is 0 Å². The van der Waals surface area contributed by atoms with Crippen LogP contribution in [0.15, 0.2) is 12.1 Å². The van der Waals surface area contributed by atoms with Crippen LogP contribution >= 0.6 is 23.4 Å². The molecule has 102 valence electrons. The van der Waals surface area contributed by atoms with Crippen LogP contribution in [0, 0.1) is 0 Å². The quantitative estimate of drug-likeness (QED) is 0.820. The van der Waals surface area contributed by atoms with Crippen LogP contribution in [0.25, 0.3) is 0 Å². The molecule has 0 aromatic carbocycles. The number of nitrogens with zero attached hydrogens (tertiary/aromatic N) is 1. The molecule has 1 unspecified atom stereocenters. The minimum atomic E-state index is -4.41. The minimum absolute atomic E-state index is 0.156. The van der Waals surface area contributed by atoms with Crippen molar-refractivity contribution in [2.24, 2.45) is 0 Å². The molecule has 2 nitrogen and oxygen atoms in total. The number of alkyl halides is 3. The van der Waals surface area contributed by atoms with E-state index in [0.29, 0.717) is 11.8 Å². The number of hydrogen-bond donors (Lipinski definition) is 1. The third-order valence-electron chi connectivity index (χ3n) is 2.38. The van der Waals surface area contributed by atoms with E-state index < -0.39 is 11.7 Å². The van der Waals surface area contributed by atoms with Crippen LogP contribution in [0.1, 0.15) is 18.9 Å². The molecule has 0 aliphatic carbocycles. The zero-order valence-corrected chi connectivity index (χ0v) is 11.6. The molecular formula is C11H14ClF3N2S. The van der Waals surface area contributed by atoms with Gasteiger partial charge in [-0.1, -0.05) is 18.5 Å². The molecule has 7 heteroatoms. The summed E-state index contributed by atoms with van der Waals surface area (Å²) >= 11 is 7.27. The highest BCUT2D eigenvalue weighted by atomic mass is 35.5. The van der Waals surface area contributed by atoms with Crippen molar-refractivity contribution in [2.75, 3.05) is 18.1 Å². The van der Waals surface area contributed by atoms with Crippen molar-refractivity contribution in [3.8, 4) is 0 Å². The Morgan fingerprint density at radius 1 is 1.44 bits per heavy atom. The summed E-state index contributed by atoms with van der Waals surface area (Å²) in [7, 11) is 0. The minimum Gasteiger partial charge on any atom is -0.370 e. The van der Waals surface area contributed by atoms with Crippen LogP contribution in [-0.4, -0.2) is 23.0 Å². The summed E-state index contributed by atoms with van der Waals surface area (Å²) < 4.78 is 37.6. The maximum atomic E-state index is 12.5. The number of rotatable bonds is 5. The predicted octanol–water partition coefficient (Wildman–Crippen LogP) is 4.31. The summed E-state index contributed by atoms with van der Waals surface area (Å²) in [5.41, 5.74) is -0.789. The highest BCUT2D eigenvalue weighted by Gasteiger charge is 2.31. The first-order chi connectivity index (χ1) is 8.32. The fourth-order valence-corrected chi connectivity index (χ4v) is 1.83. The van der Waals surface area contributed by atoms with Gasteiger partial charge in [0.05, 0.1) is 5.56 Å². The van der Waals surface area contributed by atoms with E-state index >= 15 is 0 Å². The van der Waals surface area contributed by atoms with Gasteiger partial charge in [0.2, 0.25) is 0 Å². The number of anilines is 1. The number of hydrogen-bond acceptors (Lipinski definition) is 3. The summed E-state index contributed by atoms with van der Waals surface area (Å²) in [6.07, 6.45) is -1.57. The standard InChI is InChI=1S/C11H14ClF3N2S/c1-7(18-2)3-4-16-10-6-8(11(13,14)15)5-9(12)17-10/h5-7H,3-4H2,1-2H3,(H,16,17). The van der Waals surface area contributed by atoms with E-state index in [2.05, 4.69) is 17.2 Å². The maximum Gasteiger partial charge on any atom is 0.416 e. The van der Waals surface area contributed by atoms with E-state index in [0.717, 1.165) is 18.6 Å². The van der Waals surface area contributed by atoms with Crippen molar-refractivity contribution >= 4 is 29.2 Å². The second-order valence-corrected chi connectivity index (χ2v) is 5.49. The fourth-order valence-electron chi connectivity index (χ4n) is 1.27. The van der Waals surface area contributed by atoms with Crippen LogP contribution in [-0.2, 0) is 6.18 Å². The smallest absolute Gasteiger partial charge is 0.370 e. The Morgan fingerprint density at radius 2 is 2.11 bits per heavy atom. The van der Waals surface area contributed by atoms with Crippen molar-refractivity contribution in [2.45, 2.75) is 24.8 Å². The summed E-state index contributed by atoms with van der Waals surface area (Å²) in [4.78, 5) is 3.82. The Labute approximate surface area is 113 Å². The van der Waals surface area contributed by atoms with Gasteiger partial charge in [-0.25, -0.2) is 4.98 Å². The second kappa shape index (κ2) is 6.52. The van der Waals surface area contributed by atoms with Gasteiger partial charge >= 0.3 is 6.18 Å². The molecular weight excluding hydrogens is 285 g/mol. The first-order valence-corrected chi connectivity index (χ1v) is 7.01. The molecule has 0 amide bonds. The Kier molecular flexibility index (Phi) is 5.59. The molecule has 0 saturated carbocycles. The van der Waals surface area contributed by atoms with Crippen molar-refractivity contribution in [3.05, 3.63) is 22.8 Å². The van der Waals surface area contributed by atoms with Gasteiger partial charge < -0.3 is 5.32 Å². The molecule has 1 N–H and O–H groups in total. The van der Waals surface area contributed by atoms with Gasteiger partial charge in [0.25, 0.3) is 0 Å². The van der Waals surface area contributed by atoms with Crippen LogP contribution in [0.2, 0.25) is 5.15 Å². The van der Waals surface area contributed by atoms with E-state index in [-0.39, 0.29) is 11.0 Å². The molecule has 0 bridgehead atoms. The molecule has 0 fully saturated rings. The van der Waals surface area contributed by atoms with Gasteiger partial charge in [-0.2, -0.15) is 24.9 Å². The molecule has 1 atom stereocenters. The lowest BCUT2D eigenvalue weighted by molar-refractivity contribution is -0.137. The van der Waals surface area contributed by atoms with Crippen molar-refractivity contribution in [1.82, 2.24) is 4.98 Å². The van der Waals surface area contributed by atoms with Gasteiger partial charge in [0.1, 0.15) is 11.0 Å². The van der Waals surface area contributed by atoms with Crippen LogP contribution in [0.4, 0.5) is 19.0 Å². The van der Waals surface area contributed by atoms with E-state index in [4.69, 9.17) is 11.6 Å². The zero-order valence-electron chi connectivity index (χ0n) is 10.0. The van der Waals surface area contributed by atoms with E-state index in [1.807, 2.05) is 6.26 Å². The molecule has 0 spiro atoms. The lowest BCUT2D eigenvalue weighted by atomic mass is 10.2. The zero-order chi connectivity index (χ0) is 13.8. The molecule has 0 saturated heterocycles. The maximum absolute atomic E-state index is 12.5. The number of thioether (sulfide) groups is 1. The molecule has 18 heavy (non-hydrogen) atoms. The average Bonchev–Trinajstić information content (AvgIpc) is 2.27. The summed E-state index contributed by atoms with van der Waals surface area (Å²) in [5.74, 6) is 0.156. The van der Waals surface area contributed by atoms with Gasteiger partial charge in [0.15, 0.2) is 0 Å². The largest absolute Gasteiger partial charge is 0.416 e. The Hall–Kier alpha value is -0.620. The van der Waals surface area contributed by atoms with Crippen LogP contribution < -0.4 is 5.32 Å². The Bertz CT molecular complexity index is 398. The average molecular weight is 299 g/mol. The molecule has 1 aromatic heterocycles. The highest BCUT2D eigenvalue weighted by Crippen LogP contribution is 2.31. The third-order valence-corrected chi connectivity index (χ3v) is 3.61. The lowest BCUT2D eigenvalue weighted by Gasteiger charge is -2.12. The van der Waals surface area contributed by atoms with Gasteiger partial charge in [0, 0.05) is 11.8 Å². The highest BCUT2D eigenvalue weighted by molar-refractivity contribution is 7.99. The van der Waals surface area contributed by atoms with Gasteiger partial charge in [-0.15, -0.1) is 0 Å². The van der Waals surface area contributed by atoms with Gasteiger partial charge in [-0.05, 0) is 24.8 Å². The number of nitrogens with one attached hydrogen (secondary N) is 1. The topological polar surface area (TPSA) is 24.9 Å². The van der Waals surface area contributed by atoms with E-state index in [9.17, 15) is 13.2 Å². The molecule has 1 aromatic rings. The lowest BCUT2D eigenvalue weighted by Crippen LogP contribution is -2.11. The van der Waals surface area contributed by atoms with Crippen molar-refractivity contribution in [3.63, 3.8) is 0 Å². The van der Waals surface area contributed by atoms with Crippen LogP contribution in [0.5, 0.6) is 0 Å². The van der Waals surface area contributed by atoms with E-state index in [1.165, 1.54) is 0 Å². The Morgan fingerprint density at radius 3 is 2.67 bits per heavy atom. The summed E-state index contributed by atoms with van der Waals surface area (Å²) in [6, 6.07) is 1.78. The number of pyridine rings is 1. The third kappa shape index (κ3) is 4.94. The first-order valence-electron chi connectivity index (χ1n) is 5.34. The molecule has 1 rings (SSSR count). The normalized spacial score (nSPS) is 13.4. The van der Waals surface area contributed by atoms with Crippen molar-refractivity contribution in [1.29, 1.82) is 0 Å². The Balaban J connectivity index is 2.69. The SMILES string of the molecule is CSC(C)CCNc1cc(C(F)(F)F)cc(Cl)n1. The molecule has 1 heterocycles. The number of halogens is 4. The monoisotopic (exact) mass is 298 g/mol. The predicted molar refractivity (Wildman–Crippen MR) is 70.3 cm³/mol. The summed E-state index contributed by atoms with van der Waals surface area (Å²) in [6.45, 7) is 2.62. The fraction of sp³-hybridized carbons (Fsp3) is 0.545.